The molecule has 1 amide bonds. The van der Waals surface area contributed by atoms with Gasteiger partial charge in [0.25, 0.3) is 0 Å². The monoisotopic (exact) mass is 263 g/mol. The fourth-order valence-electron chi connectivity index (χ4n) is 1.88. The van der Waals surface area contributed by atoms with Gasteiger partial charge in [-0.1, -0.05) is 39.0 Å². The molecule has 1 aromatic rings. The minimum Gasteiger partial charge on any atom is -0.384 e. The van der Waals surface area contributed by atoms with Crippen molar-refractivity contribution in [3.05, 3.63) is 34.9 Å². The lowest BCUT2D eigenvalue weighted by Gasteiger charge is -2.21. The maximum atomic E-state index is 11.3. The highest BCUT2D eigenvalue weighted by Gasteiger charge is 2.14. The number of hydrogen-bond donors (Lipinski definition) is 2. The molecule has 0 saturated carbocycles. The lowest BCUT2D eigenvalue weighted by molar-refractivity contribution is -0.128. The third-order valence-corrected chi connectivity index (χ3v) is 3.29. The first-order valence-electron chi connectivity index (χ1n) is 6.77. The maximum absolute atomic E-state index is 11.3. The summed E-state index contributed by atoms with van der Waals surface area (Å²) < 4.78 is 0. The van der Waals surface area contributed by atoms with Crippen LogP contribution in [0.1, 0.15) is 44.4 Å². The molecule has 0 heterocycles. The third kappa shape index (κ3) is 4.67. The van der Waals surface area contributed by atoms with E-state index in [0.717, 1.165) is 6.42 Å². The van der Waals surface area contributed by atoms with Crippen molar-refractivity contribution in [2.75, 3.05) is 6.54 Å². The van der Waals surface area contributed by atoms with Crippen LogP contribution in [0.2, 0.25) is 0 Å². The van der Waals surface area contributed by atoms with E-state index in [4.69, 9.17) is 5.11 Å². The molecule has 0 fully saturated rings. The van der Waals surface area contributed by atoms with E-state index in [9.17, 15) is 4.79 Å². The number of aliphatic hydroxyl groups is 1. The Morgan fingerprint density at radius 2 is 2.00 bits per heavy atom. The van der Waals surface area contributed by atoms with Crippen molar-refractivity contribution in [2.24, 2.45) is 0 Å². The van der Waals surface area contributed by atoms with Gasteiger partial charge in [-0.15, -0.1) is 0 Å². The van der Waals surface area contributed by atoms with Crippen LogP contribution < -0.4 is 5.32 Å². The minimum atomic E-state index is -0.943. The number of aliphatic hydroxyl groups excluding tert-OH is 1. The predicted octanol–water partition coefficient (Wildman–Crippen LogP) is 2.33. The standard InChI is InChI=1S/C16H25NO2/c1-11-6-7-14(16(3,4)5)10-13(11)8-9-17-15(19)12(2)18/h6-7,10,12,18H,8-9H2,1-5H3,(H,17,19). The summed E-state index contributed by atoms with van der Waals surface area (Å²) in [5, 5.41) is 11.8. The zero-order chi connectivity index (χ0) is 14.6. The Morgan fingerprint density at radius 1 is 1.37 bits per heavy atom. The summed E-state index contributed by atoms with van der Waals surface area (Å²) in [6.45, 7) is 10.7. The van der Waals surface area contributed by atoms with Crippen LogP contribution in [0.4, 0.5) is 0 Å². The average Bonchev–Trinajstić information content (AvgIpc) is 2.29. The SMILES string of the molecule is Cc1ccc(C(C)(C)C)cc1CCNC(=O)C(C)O. The number of aryl methyl sites for hydroxylation is 1. The van der Waals surface area contributed by atoms with E-state index in [1.54, 1.807) is 0 Å². The summed E-state index contributed by atoms with van der Waals surface area (Å²) in [6, 6.07) is 6.50. The number of carbonyl (C=O) groups is 1. The summed E-state index contributed by atoms with van der Waals surface area (Å²) >= 11 is 0. The first kappa shape index (κ1) is 15.7. The van der Waals surface area contributed by atoms with Gasteiger partial charge in [0.1, 0.15) is 6.10 Å². The van der Waals surface area contributed by atoms with Gasteiger partial charge in [0, 0.05) is 6.54 Å². The Bertz CT molecular complexity index is 445. The summed E-state index contributed by atoms with van der Waals surface area (Å²) in [7, 11) is 0. The Balaban J connectivity index is 2.70. The van der Waals surface area contributed by atoms with Crippen molar-refractivity contribution >= 4 is 5.91 Å². The van der Waals surface area contributed by atoms with Gasteiger partial charge >= 0.3 is 0 Å². The molecule has 1 unspecified atom stereocenters. The average molecular weight is 263 g/mol. The third-order valence-electron chi connectivity index (χ3n) is 3.29. The summed E-state index contributed by atoms with van der Waals surface area (Å²) in [5.41, 5.74) is 3.92. The van der Waals surface area contributed by atoms with E-state index in [0.29, 0.717) is 6.54 Å². The number of carbonyl (C=O) groups excluding carboxylic acids is 1. The lowest BCUT2D eigenvalue weighted by Crippen LogP contribution is -2.33. The number of rotatable bonds is 4. The highest BCUT2D eigenvalue weighted by Crippen LogP contribution is 2.24. The smallest absolute Gasteiger partial charge is 0.248 e. The molecule has 0 spiro atoms. The zero-order valence-corrected chi connectivity index (χ0v) is 12.6. The van der Waals surface area contributed by atoms with E-state index >= 15 is 0 Å². The first-order chi connectivity index (χ1) is 8.71. The van der Waals surface area contributed by atoms with Gasteiger partial charge < -0.3 is 10.4 Å². The molecule has 1 rings (SSSR count). The molecule has 0 saturated heterocycles. The molecule has 106 valence electrons. The van der Waals surface area contributed by atoms with Gasteiger partial charge in [-0.25, -0.2) is 0 Å². The second-order valence-corrected chi connectivity index (χ2v) is 6.11. The number of benzene rings is 1. The molecular weight excluding hydrogens is 238 g/mol. The molecule has 0 aromatic heterocycles. The molecule has 3 nitrogen and oxygen atoms in total. The largest absolute Gasteiger partial charge is 0.384 e. The van der Waals surface area contributed by atoms with Crippen LogP contribution >= 0.6 is 0 Å². The highest BCUT2D eigenvalue weighted by atomic mass is 16.3. The van der Waals surface area contributed by atoms with Crippen LogP contribution in [0.5, 0.6) is 0 Å². The van der Waals surface area contributed by atoms with E-state index in [-0.39, 0.29) is 11.3 Å². The van der Waals surface area contributed by atoms with Crippen molar-refractivity contribution in [3.63, 3.8) is 0 Å². The van der Waals surface area contributed by atoms with Crippen molar-refractivity contribution in [1.82, 2.24) is 5.32 Å². The van der Waals surface area contributed by atoms with Crippen LogP contribution in [0, 0.1) is 6.92 Å². The molecule has 1 aromatic carbocycles. The van der Waals surface area contributed by atoms with Crippen molar-refractivity contribution < 1.29 is 9.90 Å². The second-order valence-electron chi connectivity index (χ2n) is 6.11. The number of amides is 1. The zero-order valence-electron chi connectivity index (χ0n) is 12.6. The Kier molecular flexibility index (Phi) is 5.12. The van der Waals surface area contributed by atoms with Crippen molar-refractivity contribution in [1.29, 1.82) is 0 Å². The molecule has 19 heavy (non-hydrogen) atoms. The van der Waals surface area contributed by atoms with Gasteiger partial charge in [0.2, 0.25) is 5.91 Å². The Hall–Kier alpha value is -1.35. The highest BCUT2D eigenvalue weighted by molar-refractivity contribution is 5.79. The lowest BCUT2D eigenvalue weighted by atomic mass is 9.85. The van der Waals surface area contributed by atoms with E-state index in [1.807, 2.05) is 0 Å². The van der Waals surface area contributed by atoms with Gasteiger partial charge in [0.05, 0.1) is 0 Å². The van der Waals surface area contributed by atoms with Crippen LogP contribution in [-0.4, -0.2) is 23.7 Å². The van der Waals surface area contributed by atoms with Crippen LogP contribution in [0.15, 0.2) is 18.2 Å². The van der Waals surface area contributed by atoms with E-state index < -0.39 is 6.10 Å². The van der Waals surface area contributed by atoms with Crippen LogP contribution in [0.25, 0.3) is 0 Å². The second kappa shape index (κ2) is 6.20. The Labute approximate surface area is 116 Å². The first-order valence-corrected chi connectivity index (χ1v) is 6.77. The van der Waals surface area contributed by atoms with Crippen LogP contribution in [0.3, 0.4) is 0 Å². The molecule has 0 radical (unpaired) electrons. The van der Waals surface area contributed by atoms with E-state index in [2.05, 4.69) is 51.2 Å². The van der Waals surface area contributed by atoms with E-state index in [1.165, 1.54) is 23.6 Å². The number of nitrogens with one attached hydrogen (secondary N) is 1. The predicted molar refractivity (Wildman–Crippen MR) is 78.3 cm³/mol. The molecule has 2 N–H and O–H groups in total. The fraction of sp³-hybridized carbons (Fsp3) is 0.562. The topological polar surface area (TPSA) is 49.3 Å². The van der Waals surface area contributed by atoms with Gasteiger partial charge in [0.15, 0.2) is 0 Å². The normalized spacial score (nSPS) is 13.2. The minimum absolute atomic E-state index is 0.130. The summed E-state index contributed by atoms with van der Waals surface area (Å²) in [5.74, 6) is -0.315. The Morgan fingerprint density at radius 3 is 2.53 bits per heavy atom. The van der Waals surface area contributed by atoms with Crippen molar-refractivity contribution in [3.8, 4) is 0 Å². The molecule has 0 aliphatic carbocycles. The summed E-state index contributed by atoms with van der Waals surface area (Å²) in [6.07, 6.45) is -0.157. The molecule has 0 aliphatic rings. The van der Waals surface area contributed by atoms with Gasteiger partial charge in [-0.3, -0.25) is 4.79 Å². The van der Waals surface area contributed by atoms with Crippen LogP contribution in [-0.2, 0) is 16.6 Å². The molecule has 0 bridgehead atoms. The maximum Gasteiger partial charge on any atom is 0.248 e. The fourth-order valence-corrected chi connectivity index (χ4v) is 1.88. The molecule has 3 heteroatoms. The van der Waals surface area contributed by atoms with Gasteiger partial charge in [-0.05, 0) is 42.4 Å². The molecule has 0 aliphatic heterocycles. The molecule has 1 atom stereocenters. The van der Waals surface area contributed by atoms with Crippen molar-refractivity contribution in [2.45, 2.75) is 52.6 Å². The molecular formula is C16H25NO2. The quantitative estimate of drug-likeness (QED) is 0.876. The summed E-state index contributed by atoms with van der Waals surface area (Å²) in [4.78, 5) is 11.3. The number of hydrogen-bond acceptors (Lipinski definition) is 2. The van der Waals surface area contributed by atoms with Gasteiger partial charge in [-0.2, -0.15) is 0 Å².